The summed E-state index contributed by atoms with van der Waals surface area (Å²) >= 11 is 1.57. The second kappa shape index (κ2) is 7.93. The molecule has 0 saturated carbocycles. The van der Waals surface area contributed by atoms with Gasteiger partial charge in [-0.3, -0.25) is 4.79 Å². The van der Waals surface area contributed by atoms with Crippen LogP contribution in [-0.4, -0.2) is 17.4 Å². The van der Waals surface area contributed by atoms with Gasteiger partial charge in [-0.2, -0.15) is 0 Å². The fourth-order valence-electron chi connectivity index (χ4n) is 2.48. The van der Waals surface area contributed by atoms with Crippen molar-refractivity contribution in [3.8, 4) is 10.8 Å². The molecule has 2 heterocycles. The van der Waals surface area contributed by atoms with Crippen molar-refractivity contribution in [2.45, 2.75) is 26.2 Å². The molecule has 0 bridgehead atoms. The van der Waals surface area contributed by atoms with Gasteiger partial charge >= 0.3 is 0 Å². The van der Waals surface area contributed by atoms with Crippen LogP contribution in [0.4, 0.5) is 0 Å². The van der Waals surface area contributed by atoms with Crippen molar-refractivity contribution in [2.24, 2.45) is 0 Å². The maximum absolute atomic E-state index is 12.1. The smallest absolute Gasteiger partial charge is 0.236 e. The molecule has 0 aliphatic carbocycles. The standard InChI is InChI=1S/C19H20N2O2S/c1-14-16(21-19(23-14)17-10-6-12-24-17)13-18(22)20-11-5-9-15-7-3-2-4-8-15/h2-4,6-8,10,12H,5,9,11,13H2,1H3,(H,20,22). The van der Waals surface area contributed by atoms with Crippen LogP contribution in [0.5, 0.6) is 0 Å². The quantitative estimate of drug-likeness (QED) is 0.661. The molecule has 0 atom stereocenters. The van der Waals surface area contributed by atoms with Crippen LogP contribution >= 0.6 is 11.3 Å². The zero-order valence-corrected chi connectivity index (χ0v) is 14.4. The first-order valence-corrected chi connectivity index (χ1v) is 8.91. The summed E-state index contributed by atoms with van der Waals surface area (Å²) < 4.78 is 5.66. The van der Waals surface area contributed by atoms with Crippen LogP contribution in [0.25, 0.3) is 10.8 Å². The fourth-order valence-corrected chi connectivity index (χ4v) is 3.13. The summed E-state index contributed by atoms with van der Waals surface area (Å²) in [6.07, 6.45) is 2.15. The number of carbonyl (C=O) groups excluding carboxylic acids is 1. The zero-order valence-electron chi connectivity index (χ0n) is 13.6. The summed E-state index contributed by atoms with van der Waals surface area (Å²) in [5.41, 5.74) is 2.00. The molecule has 0 spiro atoms. The van der Waals surface area contributed by atoms with E-state index in [1.54, 1.807) is 11.3 Å². The first-order chi connectivity index (χ1) is 11.7. The van der Waals surface area contributed by atoms with Gasteiger partial charge in [-0.15, -0.1) is 11.3 Å². The molecule has 24 heavy (non-hydrogen) atoms. The van der Waals surface area contributed by atoms with Gasteiger partial charge in [0.05, 0.1) is 17.0 Å². The molecule has 0 fully saturated rings. The lowest BCUT2D eigenvalue weighted by molar-refractivity contribution is -0.120. The van der Waals surface area contributed by atoms with E-state index in [9.17, 15) is 4.79 Å². The molecule has 124 valence electrons. The molecule has 0 radical (unpaired) electrons. The Morgan fingerprint density at radius 1 is 1.21 bits per heavy atom. The van der Waals surface area contributed by atoms with E-state index in [1.807, 2.05) is 42.6 Å². The number of aromatic nitrogens is 1. The molecular formula is C19H20N2O2S. The average molecular weight is 340 g/mol. The number of amides is 1. The molecule has 1 amide bonds. The fraction of sp³-hybridized carbons (Fsp3) is 0.263. The Hall–Kier alpha value is -2.40. The molecule has 3 rings (SSSR count). The van der Waals surface area contributed by atoms with Crippen LogP contribution in [0.1, 0.15) is 23.4 Å². The monoisotopic (exact) mass is 340 g/mol. The van der Waals surface area contributed by atoms with Gasteiger partial charge in [0.1, 0.15) is 5.76 Å². The highest BCUT2D eigenvalue weighted by molar-refractivity contribution is 7.13. The van der Waals surface area contributed by atoms with Crippen LogP contribution in [-0.2, 0) is 17.6 Å². The summed E-state index contributed by atoms with van der Waals surface area (Å²) in [6.45, 7) is 2.52. The summed E-state index contributed by atoms with van der Waals surface area (Å²) in [6, 6.07) is 14.2. The second-order valence-corrected chi connectivity index (χ2v) is 6.56. The van der Waals surface area contributed by atoms with E-state index in [-0.39, 0.29) is 12.3 Å². The predicted molar refractivity (Wildman–Crippen MR) is 96.0 cm³/mol. The minimum absolute atomic E-state index is 0.0165. The number of hydrogen-bond donors (Lipinski definition) is 1. The van der Waals surface area contributed by atoms with Crippen LogP contribution in [0.3, 0.4) is 0 Å². The molecule has 1 N–H and O–H groups in total. The largest absolute Gasteiger partial charge is 0.440 e. The Labute approximate surface area is 145 Å². The highest BCUT2D eigenvalue weighted by Crippen LogP contribution is 2.25. The summed E-state index contributed by atoms with van der Waals surface area (Å²) in [4.78, 5) is 17.5. The number of nitrogens with zero attached hydrogens (tertiary/aromatic N) is 1. The Kier molecular flexibility index (Phi) is 5.43. The van der Waals surface area contributed by atoms with E-state index in [0.29, 0.717) is 23.9 Å². The lowest BCUT2D eigenvalue weighted by Gasteiger charge is -2.04. The van der Waals surface area contributed by atoms with E-state index >= 15 is 0 Å². The van der Waals surface area contributed by atoms with Crippen molar-refractivity contribution in [3.05, 3.63) is 64.9 Å². The number of rotatable bonds is 7. The molecule has 0 saturated heterocycles. The van der Waals surface area contributed by atoms with Crippen molar-refractivity contribution in [2.75, 3.05) is 6.54 Å². The first kappa shape index (κ1) is 16.5. The Morgan fingerprint density at radius 2 is 2.04 bits per heavy atom. The maximum Gasteiger partial charge on any atom is 0.236 e. The Morgan fingerprint density at radius 3 is 2.79 bits per heavy atom. The average Bonchev–Trinajstić information content (AvgIpc) is 3.23. The SMILES string of the molecule is Cc1oc(-c2cccs2)nc1CC(=O)NCCCc1ccccc1. The number of carbonyl (C=O) groups is 1. The minimum Gasteiger partial charge on any atom is -0.440 e. The molecule has 3 aromatic rings. The normalized spacial score (nSPS) is 10.7. The van der Waals surface area contributed by atoms with Gasteiger partial charge in [0.15, 0.2) is 0 Å². The van der Waals surface area contributed by atoms with E-state index in [2.05, 4.69) is 22.4 Å². The highest BCUT2D eigenvalue weighted by Gasteiger charge is 2.14. The number of nitrogens with one attached hydrogen (secondary N) is 1. The van der Waals surface area contributed by atoms with Crippen LogP contribution < -0.4 is 5.32 Å². The van der Waals surface area contributed by atoms with Gasteiger partial charge in [-0.05, 0) is 36.8 Å². The lowest BCUT2D eigenvalue weighted by atomic mass is 10.1. The molecule has 0 aliphatic heterocycles. The van der Waals surface area contributed by atoms with E-state index < -0.39 is 0 Å². The maximum atomic E-state index is 12.1. The molecule has 0 aliphatic rings. The minimum atomic E-state index is -0.0165. The lowest BCUT2D eigenvalue weighted by Crippen LogP contribution is -2.26. The van der Waals surface area contributed by atoms with E-state index in [0.717, 1.165) is 17.7 Å². The van der Waals surface area contributed by atoms with Gasteiger partial charge in [0.2, 0.25) is 11.8 Å². The molecule has 5 heteroatoms. The van der Waals surface area contributed by atoms with Crippen molar-refractivity contribution >= 4 is 17.2 Å². The van der Waals surface area contributed by atoms with Gasteiger partial charge in [0.25, 0.3) is 0 Å². The van der Waals surface area contributed by atoms with Crippen LogP contribution in [0.15, 0.2) is 52.3 Å². The number of thiophene rings is 1. The Bertz CT molecular complexity index is 779. The summed E-state index contributed by atoms with van der Waals surface area (Å²) in [5, 5.41) is 4.93. The van der Waals surface area contributed by atoms with Gasteiger partial charge < -0.3 is 9.73 Å². The van der Waals surface area contributed by atoms with E-state index in [1.165, 1.54) is 5.56 Å². The molecule has 1 aromatic carbocycles. The van der Waals surface area contributed by atoms with Crippen molar-refractivity contribution in [1.29, 1.82) is 0 Å². The summed E-state index contributed by atoms with van der Waals surface area (Å²) in [5.74, 6) is 1.28. The topological polar surface area (TPSA) is 55.1 Å². The van der Waals surface area contributed by atoms with Crippen molar-refractivity contribution < 1.29 is 9.21 Å². The van der Waals surface area contributed by atoms with Crippen molar-refractivity contribution in [1.82, 2.24) is 10.3 Å². The third-order valence-electron chi connectivity index (χ3n) is 3.76. The van der Waals surface area contributed by atoms with Crippen molar-refractivity contribution in [3.63, 3.8) is 0 Å². The van der Waals surface area contributed by atoms with Crippen LogP contribution in [0.2, 0.25) is 0 Å². The van der Waals surface area contributed by atoms with Crippen LogP contribution in [0, 0.1) is 6.92 Å². The molecule has 2 aromatic heterocycles. The predicted octanol–water partition coefficient (Wildman–Crippen LogP) is 4.00. The number of oxazole rings is 1. The Balaban J connectivity index is 1.47. The molecule has 4 nitrogen and oxygen atoms in total. The third-order valence-corrected chi connectivity index (χ3v) is 4.62. The molecular weight excluding hydrogens is 320 g/mol. The second-order valence-electron chi connectivity index (χ2n) is 5.62. The van der Waals surface area contributed by atoms with Gasteiger partial charge in [0, 0.05) is 6.54 Å². The summed E-state index contributed by atoms with van der Waals surface area (Å²) in [7, 11) is 0. The number of hydrogen-bond acceptors (Lipinski definition) is 4. The van der Waals surface area contributed by atoms with E-state index in [4.69, 9.17) is 4.42 Å². The van der Waals surface area contributed by atoms with Gasteiger partial charge in [-0.25, -0.2) is 4.98 Å². The number of benzene rings is 1. The number of aryl methyl sites for hydroxylation is 2. The highest BCUT2D eigenvalue weighted by atomic mass is 32.1. The molecule has 0 unspecified atom stereocenters. The first-order valence-electron chi connectivity index (χ1n) is 8.03. The third kappa shape index (κ3) is 4.32. The zero-order chi connectivity index (χ0) is 16.8. The van der Waals surface area contributed by atoms with Gasteiger partial charge in [-0.1, -0.05) is 36.4 Å².